The fraction of sp³-hybridized carbons (Fsp3) is 0.938. The maximum absolute atomic E-state index is 12.9. The molecule has 1 atom stereocenters. The highest BCUT2D eigenvalue weighted by molar-refractivity contribution is 5.84. The maximum Gasteiger partial charge on any atom is 0.226 e. The molecule has 1 unspecified atom stereocenters. The molecule has 0 heterocycles. The molecule has 3 heteroatoms. The van der Waals surface area contributed by atoms with Crippen molar-refractivity contribution in [2.24, 2.45) is 28.9 Å². The van der Waals surface area contributed by atoms with Gasteiger partial charge in [-0.3, -0.25) is 4.79 Å². The third kappa shape index (κ3) is 2.20. The molecule has 4 aliphatic carbocycles. The average molecular weight is 264 g/mol. The van der Waals surface area contributed by atoms with Gasteiger partial charge < -0.3 is 11.1 Å². The lowest BCUT2D eigenvalue weighted by Crippen LogP contribution is -2.61. The van der Waals surface area contributed by atoms with E-state index in [0.717, 1.165) is 37.0 Å². The van der Waals surface area contributed by atoms with Gasteiger partial charge in [-0.15, -0.1) is 0 Å². The predicted molar refractivity (Wildman–Crippen MR) is 76.5 cm³/mol. The van der Waals surface area contributed by atoms with Crippen LogP contribution in [0.15, 0.2) is 0 Å². The molecule has 4 bridgehead atoms. The van der Waals surface area contributed by atoms with Gasteiger partial charge in [-0.2, -0.15) is 0 Å². The Hall–Kier alpha value is -0.570. The molecule has 0 aliphatic heterocycles. The quantitative estimate of drug-likeness (QED) is 0.822. The van der Waals surface area contributed by atoms with Gasteiger partial charge in [0.2, 0.25) is 5.91 Å². The van der Waals surface area contributed by atoms with E-state index >= 15 is 0 Å². The van der Waals surface area contributed by atoms with Gasteiger partial charge in [-0.1, -0.05) is 0 Å². The van der Waals surface area contributed by atoms with Crippen molar-refractivity contribution >= 4 is 5.91 Å². The van der Waals surface area contributed by atoms with E-state index in [1.54, 1.807) is 0 Å². The second-order valence-corrected chi connectivity index (χ2v) is 8.16. The minimum Gasteiger partial charge on any atom is -0.349 e. The molecule has 3 N–H and O–H groups in total. The maximum atomic E-state index is 12.9. The van der Waals surface area contributed by atoms with Crippen molar-refractivity contribution in [3.63, 3.8) is 0 Å². The number of hydrogen-bond acceptors (Lipinski definition) is 2. The lowest BCUT2D eigenvalue weighted by Gasteiger charge is -2.56. The first-order valence-corrected chi connectivity index (χ1v) is 7.89. The number of amides is 1. The molecule has 1 amide bonds. The largest absolute Gasteiger partial charge is 0.349 e. The second-order valence-electron chi connectivity index (χ2n) is 8.16. The zero-order valence-electron chi connectivity index (χ0n) is 12.5. The van der Waals surface area contributed by atoms with Gasteiger partial charge in [-0.05, 0) is 77.0 Å². The lowest BCUT2D eigenvalue weighted by atomic mass is 9.49. The van der Waals surface area contributed by atoms with Crippen LogP contribution < -0.4 is 11.1 Å². The van der Waals surface area contributed by atoms with Gasteiger partial charge in [-0.25, -0.2) is 0 Å². The Kier molecular flexibility index (Phi) is 2.97. The highest BCUT2D eigenvalue weighted by Gasteiger charge is 2.55. The van der Waals surface area contributed by atoms with E-state index < -0.39 is 0 Å². The Labute approximate surface area is 116 Å². The average Bonchev–Trinajstić information content (AvgIpc) is 2.26. The number of hydrogen-bond donors (Lipinski definition) is 2. The highest BCUT2D eigenvalue weighted by atomic mass is 16.2. The van der Waals surface area contributed by atoms with E-state index in [2.05, 4.69) is 5.32 Å². The van der Waals surface area contributed by atoms with Crippen LogP contribution >= 0.6 is 0 Å². The van der Waals surface area contributed by atoms with Crippen LogP contribution in [0.1, 0.15) is 59.3 Å². The predicted octanol–water partition coefficient (Wildman–Crippen LogP) is 2.44. The Morgan fingerprint density at radius 1 is 1.16 bits per heavy atom. The Bertz CT molecular complexity index is 351. The zero-order chi connectivity index (χ0) is 13.8. The molecule has 0 spiro atoms. The van der Waals surface area contributed by atoms with Crippen LogP contribution in [0.3, 0.4) is 0 Å². The minimum absolute atomic E-state index is 0.0228. The van der Waals surface area contributed by atoms with Crippen LogP contribution in [0.4, 0.5) is 0 Å². The Morgan fingerprint density at radius 3 is 1.95 bits per heavy atom. The fourth-order valence-corrected chi connectivity index (χ4v) is 4.93. The molecule has 4 saturated carbocycles. The first-order valence-electron chi connectivity index (χ1n) is 7.89. The minimum atomic E-state index is -0.305. The smallest absolute Gasteiger partial charge is 0.226 e. The molecule has 3 nitrogen and oxygen atoms in total. The van der Waals surface area contributed by atoms with Gasteiger partial charge in [0.05, 0.1) is 0 Å². The third-order valence-electron chi connectivity index (χ3n) is 6.09. The molecule has 4 rings (SSSR count). The van der Waals surface area contributed by atoms with Crippen LogP contribution in [0.25, 0.3) is 0 Å². The summed E-state index contributed by atoms with van der Waals surface area (Å²) in [6, 6.07) is -0.0228. The van der Waals surface area contributed by atoms with Crippen molar-refractivity contribution in [3.8, 4) is 0 Å². The van der Waals surface area contributed by atoms with Gasteiger partial charge >= 0.3 is 0 Å². The van der Waals surface area contributed by atoms with Gasteiger partial charge in [0.1, 0.15) is 0 Å². The Morgan fingerprint density at radius 2 is 1.58 bits per heavy atom. The van der Waals surface area contributed by atoms with Crippen LogP contribution in [-0.4, -0.2) is 17.5 Å². The Balaban J connectivity index is 1.76. The number of carbonyl (C=O) groups is 1. The van der Waals surface area contributed by atoms with Gasteiger partial charge in [0.25, 0.3) is 0 Å². The molecule has 4 fully saturated rings. The summed E-state index contributed by atoms with van der Waals surface area (Å²) in [6.45, 7) is 6.05. The molecule has 0 aromatic carbocycles. The van der Waals surface area contributed by atoms with Crippen molar-refractivity contribution in [1.82, 2.24) is 5.32 Å². The summed E-state index contributed by atoms with van der Waals surface area (Å²) in [5, 5.41) is 3.25. The van der Waals surface area contributed by atoms with Crippen molar-refractivity contribution in [2.75, 3.05) is 0 Å². The molecule has 4 aliphatic rings. The summed E-state index contributed by atoms with van der Waals surface area (Å²) in [5.74, 6) is 2.73. The standard InChI is InChI=1S/C16H28N2O/c1-10(17)15(2,3)18-14(19)16-7-11-4-12(8-16)6-13(5-11)9-16/h10-13H,4-9,17H2,1-3H3,(H,18,19). The highest BCUT2D eigenvalue weighted by Crippen LogP contribution is 2.60. The molecule has 0 radical (unpaired) electrons. The topological polar surface area (TPSA) is 55.1 Å². The van der Waals surface area contributed by atoms with Crippen LogP contribution in [-0.2, 0) is 4.79 Å². The normalized spacial score (nSPS) is 42.2. The van der Waals surface area contributed by atoms with Gasteiger partial charge in [0.15, 0.2) is 0 Å². The van der Waals surface area contributed by atoms with Crippen LogP contribution in [0, 0.1) is 23.2 Å². The molecule has 19 heavy (non-hydrogen) atoms. The molecule has 0 aromatic rings. The number of nitrogens with two attached hydrogens (primary N) is 1. The number of carbonyl (C=O) groups excluding carboxylic acids is 1. The molecule has 108 valence electrons. The van der Waals surface area contributed by atoms with E-state index in [1.807, 2.05) is 20.8 Å². The molecular weight excluding hydrogens is 236 g/mol. The lowest BCUT2D eigenvalue weighted by molar-refractivity contribution is -0.148. The van der Waals surface area contributed by atoms with Crippen molar-refractivity contribution in [1.29, 1.82) is 0 Å². The van der Waals surface area contributed by atoms with E-state index in [4.69, 9.17) is 5.73 Å². The summed E-state index contributed by atoms with van der Waals surface area (Å²) in [6.07, 6.45) is 7.51. The van der Waals surface area contributed by atoms with Crippen LogP contribution in [0.2, 0.25) is 0 Å². The van der Waals surface area contributed by atoms with E-state index in [-0.39, 0.29) is 22.9 Å². The molecular formula is C16H28N2O. The summed E-state index contributed by atoms with van der Waals surface area (Å²) >= 11 is 0. The van der Waals surface area contributed by atoms with E-state index in [9.17, 15) is 4.79 Å². The van der Waals surface area contributed by atoms with Crippen LogP contribution in [0.5, 0.6) is 0 Å². The molecule has 0 aromatic heterocycles. The zero-order valence-corrected chi connectivity index (χ0v) is 12.5. The first kappa shape index (κ1) is 13.4. The van der Waals surface area contributed by atoms with Crippen molar-refractivity contribution in [2.45, 2.75) is 70.9 Å². The second kappa shape index (κ2) is 4.21. The van der Waals surface area contributed by atoms with E-state index in [1.165, 1.54) is 19.3 Å². The first-order chi connectivity index (χ1) is 8.81. The number of nitrogens with one attached hydrogen (secondary N) is 1. The number of rotatable bonds is 3. The molecule has 0 saturated heterocycles. The fourth-order valence-electron chi connectivity index (χ4n) is 4.93. The summed E-state index contributed by atoms with van der Waals surface area (Å²) < 4.78 is 0. The summed E-state index contributed by atoms with van der Waals surface area (Å²) in [7, 11) is 0. The van der Waals surface area contributed by atoms with Crippen molar-refractivity contribution < 1.29 is 4.79 Å². The monoisotopic (exact) mass is 264 g/mol. The van der Waals surface area contributed by atoms with E-state index in [0.29, 0.717) is 0 Å². The van der Waals surface area contributed by atoms with Crippen molar-refractivity contribution in [3.05, 3.63) is 0 Å². The summed E-state index contributed by atoms with van der Waals surface area (Å²) in [4.78, 5) is 12.9. The summed E-state index contributed by atoms with van der Waals surface area (Å²) in [5.41, 5.74) is 5.64. The SMILES string of the molecule is CC(N)C(C)(C)NC(=O)C12CC3CC(CC(C3)C1)C2. The third-order valence-corrected chi connectivity index (χ3v) is 6.09. The van der Waals surface area contributed by atoms with Gasteiger partial charge in [0, 0.05) is 17.0 Å².